The van der Waals surface area contributed by atoms with Crippen molar-refractivity contribution in [3.05, 3.63) is 50.7 Å². The van der Waals surface area contributed by atoms with Gasteiger partial charge in [0.25, 0.3) is 0 Å². The summed E-state index contributed by atoms with van der Waals surface area (Å²) < 4.78 is 13.1. The predicted molar refractivity (Wildman–Crippen MR) is 78.2 cm³/mol. The van der Waals surface area contributed by atoms with Gasteiger partial charge < -0.3 is 5.32 Å². The molecule has 1 aromatic heterocycles. The van der Waals surface area contributed by atoms with Gasteiger partial charge in [0, 0.05) is 17.1 Å². The molecular formula is C14H16ClFN2S. The number of aromatic nitrogens is 1. The quantitative estimate of drug-likeness (QED) is 0.888. The second-order valence-corrected chi connectivity index (χ2v) is 6.27. The average Bonchev–Trinajstić information content (AvgIpc) is 2.79. The lowest BCUT2D eigenvalue weighted by atomic mass is 10.1. The van der Waals surface area contributed by atoms with E-state index >= 15 is 0 Å². The lowest BCUT2D eigenvalue weighted by molar-refractivity contribution is 0.492. The highest BCUT2D eigenvalue weighted by Gasteiger charge is 2.14. The Kier molecular flexibility index (Phi) is 4.55. The zero-order valence-electron chi connectivity index (χ0n) is 11.1. The summed E-state index contributed by atoms with van der Waals surface area (Å²) in [5, 5.41) is 4.65. The van der Waals surface area contributed by atoms with Crippen LogP contribution in [0.1, 0.15) is 41.4 Å². The van der Waals surface area contributed by atoms with Crippen molar-refractivity contribution in [1.82, 2.24) is 10.3 Å². The molecule has 2 atom stereocenters. The number of thiazole rings is 1. The number of hydrogen-bond donors (Lipinski definition) is 1. The van der Waals surface area contributed by atoms with Gasteiger partial charge in [-0.15, -0.1) is 11.3 Å². The van der Waals surface area contributed by atoms with Crippen molar-refractivity contribution in [1.29, 1.82) is 0 Å². The van der Waals surface area contributed by atoms with E-state index in [1.54, 1.807) is 23.5 Å². The van der Waals surface area contributed by atoms with Crippen LogP contribution in [-0.4, -0.2) is 4.98 Å². The van der Waals surface area contributed by atoms with E-state index in [-0.39, 0.29) is 22.9 Å². The summed E-state index contributed by atoms with van der Waals surface area (Å²) >= 11 is 7.48. The van der Waals surface area contributed by atoms with E-state index in [1.165, 1.54) is 10.9 Å². The smallest absolute Gasteiger partial charge is 0.141 e. The molecule has 2 nitrogen and oxygen atoms in total. The first-order chi connectivity index (χ1) is 8.97. The third-order valence-corrected chi connectivity index (χ3v) is 4.34. The van der Waals surface area contributed by atoms with Gasteiger partial charge >= 0.3 is 0 Å². The number of nitrogens with zero attached hydrogens (tertiary/aromatic N) is 1. The van der Waals surface area contributed by atoms with E-state index in [9.17, 15) is 4.39 Å². The molecule has 0 saturated heterocycles. The Bertz CT molecular complexity index is 570. The molecule has 0 spiro atoms. The second kappa shape index (κ2) is 5.99. The molecule has 0 aliphatic carbocycles. The topological polar surface area (TPSA) is 24.9 Å². The SMILES string of the molecule is Cc1cnc(C(C)NC(C)c2ccc(F)c(Cl)c2)s1. The van der Waals surface area contributed by atoms with Gasteiger partial charge in [-0.25, -0.2) is 9.37 Å². The van der Waals surface area contributed by atoms with Gasteiger partial charge in [0.05, 0.1) is 11.1 Å². The van der Waals surface area contributed by atoms with Crippen LogP contribution in [0.4, 0.5) is 4.39 Å². The van der Waals surface area contributed by atoms with E-state index in [0.29, 0.717) is 0 Å². The van der Waals surface area contributed by atoms with Crippen LogP contribution in [0.15, 0.2) is 24.4 Å². The van der Waals surface area contributed by atoms with Crippen molar-refractivity contribution in [2.45, 2.75) is 32.9 Å². The van der Waals surface area contributed by atoms with E-state index in [1.807, 2.05) is 20.0 Å². The molecule has 5 heteroatoms. The Labute approximate surface area is 121 Å². The standard InChI is InChI=1S/C14H16ClFN2S/c1-8-7-17-14(19-8)10(3)18-9(2)11-4-5-13(16)12(15)6-11/h4-7,9-10,18H,1-3H3. The van der Waals surface area contributed by atoms with Crippen molar-refractivity contribution in [2.75, 3.05) is 0 Å². The second-order valence-electron chi connectivity index (χ2n) is 4.59. The molecule has 1 N–H and O–H groups in total. The Hall–Kier alpha value is -0.970. The van der Waals surface area contributed by atoms with E-state index < -0.39 is 0 Å². The number of nitrogens with one attached hydrogen (secondary N) is 1. The largest absolute Gasteiger partial charge is 0.302 e. The van der Waals surface area contributed by atoms with Crippen LogP contribution >= 0.6 is 22.9 Å². The summed E-state index contributed by atoms with van der Waals surface area (Å²) in [5.41, 5.74) is 0.964. The summed E-state index contributed by atoms with van der Waals surface area (Å²) in [7, 11) is 0. The lowest BCUT2D eigenvalue weighted by Gasteiger charge is -2.19. The Balaban J connectivity index is 2.07. The maximum Gasteiger partial charge on any atom is 0.141 e. The van der Waals surface area contributed by atoms with Crippen molar-refractivity contribution < 1.29 is 4.39 Å². The molecule has 0 aliphatic heterocycles. The fraction of sp³-hybridized carbons (Fsp3) is 0.357. The van der Waals surface area contributed by atoms with Crippen LogP contribution in [0.3, 0.4) is 0 Å². The third kappa shape index (κ3) is 3.53. The fourth-order valence-corrected chi connectivity index (χ4v) is 2.87. The zero-order valence-corrected chi connectivity index (χ0v) is 12.6. The van der Waals surface area contributed by atoms with Gasteiger partial charge in [-0.2, -0.15) is 0 Å². The molecule has 0 saturated carbocycles. The summed E-state index contributed by atoms with van der Waals surface area (Å²) in [6, 6.07) is 5.04. The highest BCUT2D eigenvalue weighted by molar-refractivity contribution is 7.11. The summed E-state index contributed by atoms with van der Waals surface area (Å²) in [4.78, 5) is 5.56. The van der Waals surface area contributed by atoms with E-state index in [4.69, 9.17) is 11.6 Å². The molecule has 0 fully saturated rings. The molecule has 0 bridgehead atoms. The van der Waals surface area contributed by atoms with Crippen LogP contribution in [0, 0.1) is 12.7 Å². The first kappa shape index (κ1) is 14.4. The van der Waals surface area contributed by atoms with Crippen LogP contribution in [0.2, 0.25) is 5.02 Å². The Morgan fingerprint density at radius 1 is 1.32 bits per heavy atom. The fourth-order valence-electron chi connectivity index (χ4n) is 1.90. The molecule has 102 valence electrons. The van der Waals surface area contributed by atoms with Crippen molar-refractivity contribution in [2.24, 2.45) is 0 Å². The number of benzene rings is 1. The third-order valence-electron chi connectivity index (χ3n) is 2.95. The molecule has 19 heavy (non-hydrogen) atoms. The number of rotatable bonds is 4. The summed E-state index contributed by atoms with van der Waals surface area (Å²) in [6.45, 7) is 6.14. The average molecular weight is 299 g/mol. The maximum atomic E-state index is 13.1. The minimum absolute atomic E-state index is 0.0808. The van der Waals surface area contributed by atoms with Crippen LogP contribution in [-0.2, 0) is 0 Å². The van der Waals surface area contributed by atoms with Crippen molar-refractivity contribution in [3.8, 4) is 0 Å². The monoisotopic (exact) mass is 298 g/mol. The molecule has 2 aromatic rings. The molecule has 2 rings (SSSR count). The normalized spacial score (nSPS) is 14.4. The minimum Gasteiger partial charge on any atom is -0.302 e. The Morgan fingerprint density at radius 3 is 2.63 bits per heavy atom. The molecule has 2 unspecified atom stereocenters. The number of aryl methyl sites for hydroxylation is 1. The maximum absolute atomic E-state index is 13.1. The van der Waals surface area contributed by atoms with Gasteiger partial charge in [0.1, 0.15) is 10.8 Å². The molecule has 0 amide bonds. The van der Waals surface area contributed by atoms with Gasteiger partial charge in [0.15, 0.2) is 0 Å². The highest BCUT2D eigenvalue weighted by Crippen LogP contribution is 2.25. The lowest BCUT2D eigenvalue weighted by Crippen LogP contribution is -2.22. The molecule has 1 aromatic carbocycles. The van der Waals surface area contributed by atoms with Gasteiger partial charge in [-0.1, -0.05) is 17.7 Å². The van der Waals surface area contributed by atoms with Crippen LogP contribution in [0.25, 0.3) is 0 Å². The van der Waals surface area contributed by atoms with Crippen LogP contribution in [0.5, 0.6) is 0 Å². The summed E-state index contributed by atoms with van der Waals surface area (Å²) in [5.74, 6) is -0.388. The highest BCUT2D eigenvalue weighted by atomic mass is 35.5. The first-order valence-electron chi connectivity index (χ1n) is 6.10. The molecule has 0 radical (unpaired) electrons. The molecule has 0 aliphatic rings. The predicted octanol–water partition coefficient (Wildman–Crippen LogP) is 4.66. The van der Waals surface area contributed by atoms with E-state index in [2.05, 4.69) is 17.2 Å². The summed E-state index contributed by atoms with van der Waals surface area (Å²) in [6.07, 6.45) is 1.87. The minimum atomic E-state index is -0.388. The van der Waals surface area contributed by atoms with Gasteiger partial charge in [-0.05, 0) is 38.5 Å². The van der Waals surface area contributed by atoms with Gasteiger partial charge in [0.2, 0.25) is 0 Å². The van der Waals surface area contributed by atoms with Crippen molar-refractivity contribution >= 4 is 22.9 Å². The zero-order chi connectivity index (χ0) is 14.0. The van der Waals surface area contributed by atoms with Crippen molar-refractivity contribution in [3.63, 3.8) is 0 Å². The van der Waals surface area contributed by atoms with E-state index in [0.717, 1.165) is 10.6 Å². The molecule has 1 heterocycles. The van der Waals surface area contributed by atoms with Crippen LogP contribution < -0.4 is 5.32 Å². The Morgan fingerprint density at radius 2 is 2.05 bits per heavy atom. The first-order valence-corrected chi connectivity index (χ1v) is 7.30. The number of halogens is 2. The molecular weight excluding hydrogens is 283 g/mol. The number of hydrogen-bond acceptors (Lipinski definition) is 3. The van der Waals surface area contributed by atoms with Gasteiger partial charge in [-0.3, -0.25) is 0 Å².